The third kappa shape index (κ3) is 3.33. The molecule has 0 aliphatic carbocycles. The van der Waals surface area contributed by atoms with E-state index in [0.717, 1.165) is 20.5 Å². The van der Waals surface area contributed by atoms with Gasteiger partial charge in [0.1, 0.15) is 11.1 Å². The summed E-state index contributed by atoms with van der Waals surface area (Å²) >= 11 is 4.88. The molecule has 0 fully saturated rings. The third-order valence-corrected chi connectivity index (χ3v) is 5.18. The first-order valence-electron chi connectivity index (χ1n) is 6.18. The summed E-state index contributed by atoms with van der Waals surface area (Å²) in [6, 6.07) is 6.30. The number of carbonyl (C=O) groups excluding carboxylic acids is 1. The first kappa shape index (κ1) is 15.3. The van der Waals surface area contributed by atoms with Gasteiger partial charge in [0, 0.05) is 0 Å². The Kier molecular flexibility index (Phi) is 5.05. The molecule has 0 saturated heterocycles. The molecule has 1 aliphatic heterocycles. The summed E-state index contributed by atoms with van der Waals surface area (Å²) in [5, 5.41) is -0.381. The van der Waals surface area contributed by atoms with E-state index in [0.29, 0.717) is 13.0 Å². The number of benzene rings is 1. The molecule has 2 rings (SSSR count). The van der Waals surface area contributed by atoms with Crippen molar-refractivity contribution in [1.82, 2.24) is 0 Å². The lowest BCUT2D eigenvalue weighted by atomic mass is 9.98. The average molecular weight is 357 g/mol. The minimum Gasteiger partial charge on any atom is -0.465 e. The molecular formula is C15H14BrFO2S. The lowest BCUT2D eigenvalue weighted by Crippen LogP contribution is -2.24. The molecule has 1 heterocycles. The van der Waals surface area contributed by atoms with Gasteiger partial charge < -0.3 is 4.74 Å². The predicted octanol–water partition coefficient (Wildman–Crippen LogP) is 4.51. The summed E-state index contributed by atoms with van der Waals surface area (Å²) in [6.45, 7) is 6.11. The van der Waals surface area contributed by atoms with E-state index in [-0.39, 0.29) is 17.0 Å². The normalized spacial score (nSPS) is 19.1. The highest BCUT2D eigenvalue weighted by molar-refractivity contribution is 9.14. The Morgan fingerprint density at radius 3 is 2.75 bits per heavy atom. The van der Waals surface area contributed by atoms with E-state index < -0.39 is 0 Å². The van der Waals surface area contributed by atoms with Gasteiger partial charge in [0.25, 0.3) is 0 Å². The smallest absolute Gasteiger partial charge is 0.323 e. The SMILES string of the molecule is C=C1CC(c2ccc(F)cc2)=C(Br)SC1C(=O)OCC. The van der Waals surface area contributed by atoms with Crippen molar-refractivity contribution >= 4 is 39.2 Å². The Balaban J connectivity index is 2.25. The van der Waals surface area contributed by atoms with Crippen LogP contribution in [0.1, 0.15) is 18.9 Å². The van der Waals surface area contributed by atoms with E-state index in [9.17, 15) is 9.18 Å². The fraction of sp³-hybridized carbons (Fsp3) is 0.267. The molecule has 1 aliphatic rings. The molecule has 0 saturated carbocycles. The van der Waals surface area contributed by atoms with Crippen LogP contribution in [0.2, 0.25) is 0 Å². The van der Waals surface area contributed by atoms with Crippen molar-refractivity contribution in [2.45, 2.75) is 18.6 Å². The van der Waals surface area contributed by atoms with Gasteiger partial charge in [-0.05, 0) is 58.1 Å². The second kappa shape index (κ2) is 6.59. The summed E-state index contributed by atoms with van der Waals surface area (Å²) in [5.74, 6) is -0.533. The highest BCUT2D eigenvalue weighted by Crippen LogP contribution is 2.45. The molecule has 1 aromatic carbocycles. The van der Waals surface area contributed by atoms with Crippen molar-refractivity contribution in [3.05, 3.63) is 51.6 Å². The third-order valence-electron chi connectivity index (χ3n) is 2.93. The molecule has 1 unspecified atom stereocenters. The minimum atomic E-state index is -0.381. The molecule has 0 bridgehead atoms. The van der Waals surface area contributed by atoms with Crippen molar-refractivity contribution < 1.29 is 13.9 Å². The van der Waals surface area contributed by atoms with Gasteiger partial charge in [-0.1, -0.05) is 30.5 Å². The molecule has 20 heavy (non-hydrogen) atoms. The van der Waals surface area contributed by atoms with Gasteiger partial charge in [0.05, 0.1) is 10.4 Å². The molecule has 106 valence electrons. The maximum absolute atomic E-state index is 13.0. The van der Waals surface area contributed by atoms with Crippen LogP contribution < -0.4 is 0 Å². The molecule has 1 atom stereocenters. The standard InChI is InChI=1S/C15H14BrFO2S/c1-3-19-15(18)13-9(2)8-12(14(16)20-13)10-4-6-11(17)7-5-10/h4-7,13H,2-3,8H2,1H3. The summed E-state index contributed by atoms with van der Waals surface area (Å²) < 4.78 is 18.9. The van der Waals surface area contributed by atoms with E-state index in [2.05, 4.69) is 22.5 Å². The van der Waals surface area contributed by atoms with Crippen molar-refractivity contribution in [3.63, 3.8) is 0 Å². The van der Waals surface area contributed by atoms with Crippen LogP contribution in [-0.4, -0.2) is 17.8 Å². The van der Waals surface area contributed by atoms with Crippen molar-refractivity contribution in [3.8, 4) is 0 Å². The van der Waals surface area contributed by atoms with Crippen LogP contribution in [0.3, 0.4) is 0 Å². The lowest BCUT2D eigenvalue weighted by molar-refractivity contribution is -0.141. The predicted molar refractivity (Wildman–Crippen MR) is 84.0 cm³/mol. The number of rotatable bonds is 3. The number of carbonyl (C=O) groups is 1. The van der Waals surface area contributed by atoms with Crippen LogP contribution >= 0.6 is 27.7 Å². The van der Waals surface area contributed by atoms with E-state index in [1.807, 2.05) is 0 Å². The number of hydrogen-bond acceptors (Lipinski definition) is 3. The van der Waals surface area contributed by atoms with Gasteiger partial charge in [0.15, 0.2) is 0 Å². The lowest BCUT2D eigenvalue weighted by Gasteiger charge is -2.25. The zero-order valence-electron chi connectivity index (χ0n) is 11.0. The average Bonchev–Trinajstić information content (AvgIpc) is 2.42. The van der Waals surface area contributed by atoms with E-state index in [1.54, 1.807) is 19.1 Å². The fourth-order valence-electron chi connectivity index (χ4n) is 1.95. The van der Waals surface area contributed by atoms with Crippen LogP contribution in [0.15, 0.2) is 40.2 Å². The molecule has 5 heteroatoms. The monoisotopic (exact) mass is 356 g/mol. The van der Waals surface area contributed by atoms with Crippen molar-refractivity contribution in [2.75, 3.05) is 6.61 Å². The van der Waals surface area contributed by atoms with Crippen LogP contribution in [0, 0.1) is 5.82 Å². The van der Waals surface area contributed by atoms with E-state index in [1.165, 1.54) is 23.9 Å². The van der Waals surface area contributed by atoms with Gasteiger partial charge in [-0.2, -0.15) is 0 Å². The van der Waals surface area contributed by atoms with Gasteiger partial charge in [-0.3, -0.25) is 4.79 Å². The molecule has 0 radical (unpaired) electrons. The second-order valence-corrected chi connectivity index (χ2v) is 6.78. The molecule has 0 amide bonds. The zero-order valence-corrected chi connectivity index (χ0v) is 13.4. The van der Waals surface area contributed by atoms with Crippen LogP contribution in [0.5, 0.6) is 0 Å². The largest absolute Gasteiger partial charge is 0.465 e. The molecule has 0 aromatic heterocycles. The Morgan fingerprint density at radius 2 is 2.15 bits per heavy atom. The Hall–Kier alpha value is -1.07. The van der Waals surface area contributed by atoms with Gasteiger partial charge >= 0.3 is 5.97 Å². The number of allylic oxidation sites excluding steroid dienone is 1. The summed E-state index contributed by atoms with van der Waals surface area (Å²) in [6.07, 6.45) is 0.572. The maximum Gasteiger partial charge on any atom is 0.323 e. The first-order chi connectivity index (χ1) is 9.52. The first-order valence-corrected chi connectivity index (χ1v) is 7.85. The van der Waals surface area contributed by atoms with Crippen LogP contribution in [0.25, 0.3) is 5.57 Å². The van der Waals surface area contributed by atoms with E-state index in [4.69, 9.17) is 4.74 Å². The maximum atomic E-state index is 13.0. The van der Waals surface area contributed by atoms with Gasteiger partial charge in [0.2, 0.25) is 0 Å². The van der Waals surface area contributed by atoms with E-state index >= 15 is 0 Å². The number of hydrogen-bond donors (Lipinski definition) is 0. The van der Waals surface area contributed by atoms with Gasteiger partial charge in [-0.25, -0.2) is 4.39 Å². The van der Waals surface area contributed by atoms with Crippen LogP contribution in [-0.2, 0) is 9.53 Å². The number of thioether (sulfide) groups is 1. The quantitative estimate of drug-likeness (QED) is 0.588. The van der Waals surface area contributed by atoms with Crippen molar-refractivity contribution in [1.29, 1.82) is 0 Å². The summed E-state index contributed by atoms with van der Waals surface area (Å²) in [4.78, 5) is 11.8. The number of esters is 1. The highest BCUT2D eigenvalue weighted by atomic mass is 79.9. The molecule has 2 nitrogen and oxygen atoms in total. The number of halogens is 2. The summed E-state index contributed by atoms with van der Waals surface area (Å²) in [5.41, 5.74) is 2.74. The topological polar surface area (TPSA) is 26.3 Å². The highest BCUT2D eigenvalue weighted by Gasteiger charge is 2.30. The fourth-order valence-corrected chi connectivity index (χ4v) is 3.83. The summed E-state index contributed by atoms with van der Waals surface area (Å²) in [7, 11) is 0. The Labute approximate surface area is 130 Å². The van der Waals surface area contributed by atoms with Crippen molar-refractivity contribution in [2.24, 2.45) is 0 Å². The van der Waals surface area contributed by atoms with Gasteiger partial charge in [-0.15, -0.1) is 0 Å². The molecular weight excluding hydrogens is 343 g/mol. The molecule has 0 N–H and O–H groups in total. The second-order valence-electron chi connectivity index (χ2n) is 4.34. The minimum absolute atomic E-state index is 0.266. The molecule has 1 aromatic rings. The number of ether oxygens (including phenoxy) is 1. The Morgan fingerprint density at radius 1 is 1.50 bits per heavy atom. The van der Waals surface area contributed by atoms with Crippen LogP contribution in [0.4, 0.5) is 4.39 Å². The molecule has 0 spiro atoms. The Bertz CT molecular complexity index is 566. The zero-order chi connectivity index (χ0) is 14.7.